The zero-order valence-electron chi connectivity index (χ0n) is 50.3. The average molecular weight is 1280 g/mol. The van der Waals surface area contributed by atoms with Gasteiger partial charge < -0.3 is 25.3 Å². The summed E-state index contributed by atoms with van der Waals surface area (Å²) in [5.41, 5.74) is -0.621. The minimum Gasteiger partial charge on any atom is -0.380 e. The predicted octanol–water partition coefficient (Wildman–Crippen LogP) is 8.32. The summed E-state index contributed by atoms with van der Waals surface area (Å²) in [7, 11) is -11.1. The van der Waals surface area contributed by atoms with Gasteiger partial charge in [0, 0.05) is 106 Å². The maximum absolute atomic E-state index is 14.5. The average Bonchev–Trinajstić information content (AvgIpc) is 1.30. The number of nitrogens with zero attached hydrogens (tertiary/aromatic N) is 5. The number of sulfonamides is 1. The monoisotopic (exact) mass is 1280 g/mol. The Labute approximate surface area is 521 Å². The molecule has 0 aromatic heterocycles. The van der Waals surface area contributed by atoms with E-state index in [2.05, 4.69) is 56.3 Å². The molecule has 1 unspecified atom stereocenters. The molecule has 0 spiro atoms. The number of hydrogen-bond acceptors (Lipinski definition) is 16. The van der Waals surface area contributed by atoms with E-state index >= 15 is 0 Å². The Balaban J connectivity index is 0.683. The van der Waals surface area contributed by atoms with Crippen molar-refractivity contribution in [3.05, 3.63) is 119 Å². The van der Waals surface area contributed by atoms with E-state index < -0.39 is 82.5 Å². The van der Waals surface area contributed by atoms with E-state index in [1.165, 1.54) is 74.2 Å². The Hall–Kier alpha value is -6.64. The quantitative estimate of drug-likeness (QED) is 0.0329. The van der Waals surface area contributed by atoms with E-state index in [0.29, 0.717) is 74.4 Å². The van der Waals surface area contributed by atoms with Crippen molar-refractivity contribution in [2.75, 3.05) is 93.3 Å². The van der Waals surface area contributed by atoms with Gasteiger partial charge in [0.1, 0.15) is 10.9 Å². The number of imide groups is 2. The molecule has 3 saturated carbocycles. The van der Waals surface area contributed by atoms with Crippen molar-refractivity contribution >= 4 is 84.1 Å². The van der Waals surface area contributed by atoms with Gasteiger partial charge in [0.25, 0.3) is 37.6 Å². The topological polar surface area (TPSA) is 235 Å². The first-order valence-electron chi connectivity index (χ1n) is 30.5. The zero-order valence-corrected chi connectivity index (χ0v) is 52.7. The Morgan fingerprint density at radius 3 is 2.10 bits per heavy atom. The minimum absolute atomic E-state index is 0.00669. The van der Waals surface area contributed by atoms with Crippen LogP contribution < -0.4 is 25.6 Å². The van der Waals surface area contributed by atoms with Crippen molar-refractivity contribution in [1.82, 2.24) is 29.6 Å². The highest BCUT2D eigenvalue weighted by Gasteiger charge is 2.67. The highest BCUT2D eigenvalue weighted by atomic mass is 32.2. The van der Waals surface area contributed by atoms with Gasteiger partial charge >= 0.3 is 5.51 Å². The van der Waals surface area contributed by atoms with Crippen molar-refractivity contribution in [3.63, 3.8) is 0 Å². The zero-order chi connectivity index (χ0) is 63.3. The molecule has 0 radical (unpaired) electrons. The smallest absolute Gasteiger partial charge is 0.380 e. The number of nitrogens with one attached hydrogen (secondary N) is 4. The van der Waals surface area contributed by atoms with Gasteiger partial charge in [-0.3, -0.25) is 43.9 Å². The molecule has 2 atom stereocenters. The fourth-order valence-electron chi connectivity index (χ4n) is 14.3. The number of carbonyl (C=O) groups is 6. The molecule has 25 heteroatoms. The first-order valence-corrected chi connectivity index (χ1v) is 34.5. The normalized spacial score (nSPS) is 23.7. The van der Waals surface area contributed by atoms with Crippen LogP contribution in [0.15, 0.2) is 117 Å². The fraction of sp³-hybridized carbons (Fsp3) is 0.500. The van der Waals surface area contributed by atoms with E-state index in [0.717, 1.165) is 66.8 Å². The molecule has 8 aliphatic rings. The third-order valence-corrected chi connectivity index (χ3v) is 22.9. The summed E-state index contributed by atoms with van der Waals surface area (Å²) in [5, 5.41) is 7.94. The molecule has 6 fully saturated rings. The molecule has 476 valence electrons. The van der Waals surface area contributed by atoms with Gasteiger partial charge in [-0.1, -0.05) is 56.2 Å². The molecule has 2 bridgehead atoms. The van der Waals surface area contributed by atoms with Crippen LogP contribution in [0.3, 0.4) is 0 Å². The van der Waals surface area contributed by atoms with Crippen molar-refractivity contribution in [2.24, 2.45) is 16.2 Å². The standard InChI is InChI=1S/C64H76F3N9O10S3/c1-61(2)24-22-43(49(36-61)63-39-62(3,40-63)41-63)37-74-31-33-75(34-32-74)45-16-14-42(15-17-45)57(79)71-89(85,86)47-18-19-50(53(35-47)88(83,84)64(65,66)67)68-44(38-87-46-9-5-4-6-10-46)23-26-73-29-27-72(28-30-73)25-8-13-54(77)69-51-12-7-11-48-56(51)60(82)76(59(48)81)52-20-21-55(78)70-58(52)80/h4-7,9-12,14-19,35,44,52,68H,8,13,20-34,36-41H2,1-3H3,(H,69,77)(H,71,79)(H,70,78,80)/t44-,52?,62?,63?/m1/s1. The highest BCUT2D eigenvalue weighted by Crippen LogP contribution is 2.77. The number of amides is 6. The number of halogens is 3. The van der Waals surface area contributed by atoms with Crippen molar-refractivity contribution in [2.45, 2.75) is 124 Å². The lowest BCUT2D eigenvalue weighted by Crippen LogP contribution is -2.61. The summed E-state index contributed by atoms with van der Waals surface area (Å²) in [6, 6.07) is 20.8. The van der Waals surface area contributed by atoms with Crippen LogP contribution in [0.2, 0.25) is 0 Å². The lowest BCUT2D eigenvalue weighted by molar-refractivity contribution is -0.167. The second kappa shape index (κ2) is 25.2. The number of piperidine rings is 1. The van der Waals surface area contributed by atoms with Crippen LogP contribution in [0.5, 0.6) is 0 Å². The third kappa shape index (κ3) is 13.8. The summed E-state index contributed by atoms with van der Waals surface area (Å²) in [5.74, 6) is -3.80. The lowest BCUT2D eigenvalue weighted by Gasteiger charge is -2.72. The molecular formula is C64H76F3N9O10S3. The SMILES string of the molecule is CC1(C)CCC(CN2CCN(c3ccc(C(=O)NS(=O)(=O)c4ccc(N[C@H](CCN5CCN(CCCC(=O)Nc6cccc7c6C(=O)N(C6CCC(=O)NC6=O)C7=O)CC5)CSc5ccccc5)c(S(=O)(=O)C(F)(F)F)c4)cc3)CC2)=C(C23CC(C)(C2)C3)C1. The van der Waals surface area contributed by atoms with Gasteiger partial charge in [0.05, 0.1) is 27.4 Å². The Bertz CT molecular complexity index is 3680. The summed E-state index contributed by atoms with van der Waals surface area (Å²) in [6.45, 7) is 14.9. The van der Waals surface area contributed by atoms with Gasteiger partial charge in [-0.25, -0.2) is 21.6 Å². The molecule has 6 amide bonds. The molecule has 12 rings (SSSR count). The van der Waals surface area contributed by atoms with Gasteiger partial charge in [-0.05, 0) is 147 Å². The van der Waals surface area contributed by atoms with Gasteiger partial charge in [-0.2, -0.15) is 13.2 Å². The second-order valence-corrected chi connectivity index (χ2v) is 30.8. The largest absolute Gasteiger partial charge is 0.501 e. The molecule has 4 heterocycles. The maximum atomic E-state index is 14.5. The van der Waals surface area contributed by atoms with Gasteiger partial charge in [-0.15, -0.1) is 11.8 Å². The van der Waals surface area contributed by atoms with Crippen molar-refractivity contribution < 1.29 is 58.8 Å². The van der Waals surface area contributed by atoms with Crippen LogP contribution in [0.1, 0.15) is 122 Å². The summed E-state index contributed by atoms with van der Waals surface area (Å²) >= 11 is 1.41. The number of benzene rings is 4. The van der Waals surface area contributed by atoms with Crippen molar-refractivity contribution in [3.8, 4) is 0 Å². The van der Waals surface area contributed by atoms with E-state index in [1.54, 1.807) is 23.3 Å². The lowest BCUT2D eigenvalue weighted by atomic mass is 9.33. The number of anilines is 3. The van der Waals surface area contributed by atoms with Crippen LogP contribution in [-0.4, -0.2) is 167 Å². The number of thioether (sulfide) groups is 1. The van der Waals surface area contributed by atoms with Crippen LogP contribution in [0.25, 0.3) is 0 Å². The fourth-order valence-corrected chi connectivity index (χ4v) is 17.3. The third-order valence-electron chi connectivity index (χ3n) is 18.9. The number of fused-ring (bicyclic) bond motifs is 1. The molecule has 4 aromatic rings. The number of alkyl halides is 3. The number of carbonyl (C=O) groups excluding carboxylic acids is 6. The molecule has 19 nitrogen and oxygen atoms in total. The van der Waals surface area contributed by atoms with Crippen LogP contribution >= 0.6 is 11.8 Å². The molecule has 4 aliphatic carbocycles. The van der Waals surface area contributed by atoms with Gasteiger partial charge in [0.2, 0.25) is 17.7 Å². The number of rotatable bonds is 22. The van der Waals surface area contributed by atoms with Gasteiger partial charge in [0.15, 0.2) is 0 Å². The van der Waals surface area contributed by atoms with E-state index in [4.69, 9.17) is 0 Å². The molecule has 4 N–H and O–H groups in total. The summed E-state index contributed by atoms with van der Waals surface area (Å²) in [6.07, 6.45) is 8.34. The highest BCUT2D eigenvalue weighted by molar-refractivity contribution is 7.99. The Kier molecular flexibility index (Phi) is 18.1. The van der Waals surface area contributed by atoms with Crippen LogP contribution in [0.4, 0.5) is 30.2 Å². The maximum Gasteiger partial charge on any atom is 0.501 e. The minimum atomic E-state index is -6.15. The summed E-state index contributed by atoms with van der Waals surface area (Å²) in [4.78, 5) is 86.4. The first-order chi connectivity index (χ1) is 42.2. The number of piperazine rings is 2. The van der Waals surface area contributed by atoms with E-state index in [9.17, 15) is 58.8 Å². The Morgan fingerprint density at radius 1 is 0.764 bits per heavy atom. The first kappa shape index (κ1) is 63.9. The molecule has 4 aromatic carbocycles. The van der Waals surface area contributed by atoms with Crippen LogP contribution in [0, 0.1) is 16.2 Å². The second-order valence-electron chi connectivity index (χ2n) is 26.2. The van der Waals surface area contributed by atoms with Crippen LogP contribution in [-0.2, 0) is 34.2 Å². The molecule has 89 heavy (non-hydrogen) atoms. The molecular weight excluding hydrogens is 1210 g/mol. The predicted molar refractivity (Wildman–Crippen MR) is 332 cm³/mol. The van der Waals surface area contributed by atoms with E-state index in [-0.39, 0.29) is 53.3 Å². The molecule has 3 saturated heterocycles. The molecule has 4 aliphatic heterocycles. The number of sulfone groups is 1. The van der Waals surface area contributed by atoms with E-state index in [1.807, 2.05) is 35.1 Å². The van der Waals surface area contributed by atoms with Crippen molar-refractivity contribution in [1.29, 1.82) is 0 Å². The Morgan fingerprint density at radius 2 is 1.44 bits per heavy atom. The number of hydrogen-bond donors (Lipinski definition) is 4. The summed E-state index contributed by atoms with van der Waals surface area (Å²) < 4.78 is 99.8. The number of allylic oxidation sites excluding steroid dienone is 1.